The van der Waals surface area contributed by atoms with Crippen LogP contribution in [0.15, 0.2) is 18.2 Å². The van der Waals surface area contributed by atoms with Crippen LogP contribution >= 0.6 is 0 Å². The lowest BCUT2D eigenvalue weighted by Gasteiger charge is -2.09. The topological polar surface area (TPSA) is 61.4 Å². The maximum absolute atomic E-state index is 13.0. The summed E-state index contributed by atoms with van der Waals surface area (Å²) in [5.74, 6) is -0.301. The molecule has 3 N–H and O–H groups in total. The Morgan fingerprint density at radius 2 is 2.24 bits per heavy atom. The van der Waals surface area contributed by atoms with Crippen LogP contribution in [0.4, 0.5) is 14.9 Å². The van der Waals surface area contributed by atoms with Gasteiger partial charge < -0.3 is 15.7 Å². The molecular weight excluding hydrogens is 223 g/mol. The summed E-state index contributed by atoms with van der Waals surface area (Å²) < 4.78 is 13.0. The van der Waals surface area contributed by atoms with E-state index in [2.05, 4.69) is 10.6 Å². The number of anilines is 1. The molecule has 0 bridgehead atoms. The first-order chi connectivity index (χ1) is 7.99. The monoisotopic (exact) mass is 240 g/mol. The number of aliphatic hydroxyl groups excluding tert-OH is 1. The lowest BCUT2D eigenvalue weighted by atomic mass is 10.2. The maximum Gasteiger partial charge on any atom is 0.319 e. The number of halogens is 1. The molecule has 0 aliphatic rings. The Labute approximate surface area is 99.8 Å². The van der Waals surface area contributed by atoms with Gasteiger partial charge in [-0.1, -0.05) is 0 Å². The Kier molecular flexibility index (Phi) is 4.90. The van der Waals surface area contributed by atoms with Gasteiger partial charge in [0.2, 0.25) is 0 Å². The Morgan fingerprint density at radius 1 is 1.53 bits per heavy atom. The molecule has 1 atom stereocenters. The molecule has 0 aliphatic heterocycles. The average Bonchev–Trinajstić information content (AvgIpc) is 2.23. The van der Waals surface area contributed by atoms with Crippen molar-refractivity contribution in [3.63, 3.8) is 0 Å². The SMILES string of the molecule is Cc1cc(NC(=O)NCCC(C)O)ccc1F. The zero-order valence-corrected chi connectivity index (χ0v) is 9.96. The van der Waals surface area contributed by atoms with Crippen molar-refractivity contribution >= 4 is 11.7 Å². The van der Waals surface area contributed by atoms with Crippen molar-refractivity contribution < 1.29 is 14.3 Å². The van der Waals surface area contributed by atoms with Gasteiger partial charge in [-0.15, -0.1) is 0 Å². The molecule has 94 valence electrons. The van der Waals surface area contributed by atoms with E-state index in [4.69, 9.17) is 5.11 Å². The third-order valence-corrected chi connectivity index (χ3v) is 2.26. The predicted molar refractivity (Wildman–Crippen MR) is 64.5 cm³/mol. The summed E-state index contributed by atoms with van der Waals surface area (Å²) in [6, 6.07) is 4.00. The van der Waals surface area contributed by atoms with Crippen molar-refractivity contribution in [2.75, 3.05) is 11.9 Å². The van der Waals surface area contributed by atoms with Gasteiger partial charge in [-0.25, -0.2) is 9.18 Å². The Bertz CT molecular complexity index is 394. The number of aliphatic hydroxyl groups is 1. The van der Waals surface area contributed by atoms with Crippen LogP contribution in [0.25, 0.3) is 0 Å². The van der Waals surface area contributed by atoms with Crippen LogP contribution in [0.2, 0.25) is 0 Å². The second-order valence-corrected chi connectivity index (χ2v) is 3.98. The molecule has 0 aliphatic carbocycles. The van der Waals surface area contributed by atoms with E-state index in [1.54, 1.807) is 19.9 Å². The zero-order chi connectivity index (χ0) is 12.8. The van der Waals surface area contributed by atoms with Gasteiger partial charge in [-0.2, -0.15) is 0 Å². The van der Waals surface area contributed by atoms with Crippen LogP contribution in [-0.4, -0.2) is 23.8 Å². The Morgan fingerprint density at radius 3 is 2.82 bits per heavy atom. The summed E-state index contributed by atoms with van der Waals surface area (Å²) in [6.45, 7) is 3.68. The van der Waals surface area contributed by atoms with E-state index in [0.29, 0.717) is 24.2 Å². The number of hydrogen-bond acceptors (Lipinski definition) is 2. The predicted octanol–water partition coefficient (Wildman–Crippen LogP) is 2.03. The van der Waals surface area contributed by atoms with Crippen LogP contribution in [0.1, 0.15) is 18.9 Å². The summed E-state index contributed by atoms with van der Waals surface area (Å²) in [6.07, 6.45) is 0.0546. The van der Waals surface area contributed by atoms with Gasteiger partial charge in [0.25, 0.3) is 0 Å². The highest BCUT2D eigenvalue weighted by atomic mass is 19.1. The first-order valence-electron chi connectivity index (χ1n) is 5.48. The third-order valence-electron chi connectivity index (χ3n) is 2.26. The normalized spacial score (nSPS) is 12.0. The molecule has 0 spiro atoms. The molecule has 0 aromatic heterocycles. The number of nitrogens with one attached hydrogen (secondary N) is 2. The number of benzene rings is 1. The molecule has 1 aromatic rings. The quantitative estimate of drug-likeness (QED) is 0.754. The molecule has 0 saturated heterocycles. The second kappa shape index (κ2) is 6.20. The molecule has 0 fully saturated rings. The van der Waals surface area contributed by atoms with E-state index in [9.17, 15) is 9.18 Å². The highest BCUT2D eigenvalue weighted by Crippen LogP contribution is 2.13. The molecule has 4 nitrogen and oxygen atoms in total. The molecule has 0 saturated carbocycles. The van der Waals surface area contributed by atoms with E-state index < -0.39 is 6.10 Å². The highest BCUT2D eigenvalue weighted by molar-refractivity contribution is 5.89. The molecule has 0 radical (unpaired) electrons. The van der Waals surface area contributed by atoms with Crippen LogP contribution in [0.3, 0.4) is 0 Å². The van der Waals surface area contributed by atoms with E-state index in [-0.39, 0.29) is 11.8 Å². The maximum atomic E-state index is 13.0. The van der Waals surface area contributed by atoms with Crippen molar-refractivity contribution in [3.8, 4) is 0 Å². The lowest BCUT2D eigenvalue weighted by molar-refractivity contribution is 0.184. The average molecular weight is 240 g/mol. The minimum atomic E-state index is -0.441. The molecule has 17 heavy (non-hydrogen) atoms. The fourth-order valence-corrected chi connectivity index (χ4v) is 1.29. The van der Waals surface area contributed by atoms with E-state index >= 15 is 0 Å². The van der Waals surface area contributed by atoms with Gasteiger partial charge in [-0.05, 0) is 44.0 Å². The molecule has 1 rings (SSSR count). The molecule has 5 heteroatoms. The summed E-state index contributed by atoms with van der Waals surface area (Å²) >= 11 is 0. The number of rotatable bonds is 4. The minimum Gasteiger partial charge on any atom is -0.393 e. The fraction of sp³-hybridized carbons (Fsp3) is 0.417. The van der Waals surface area contributed by atoms with E-state index in [0.717, 1.165) is 0 Å². The molecule has 2 amide bonds. The first kappa shape index (κ1) is 13.4. The number of carbonyl (C=O) groups excluding carboxylic acids is 1. The first-order valence-corrected chi connectivity index (χ1v) is 5.48. The zero-order valence-electron chi connectivity index (χ0n) is 9.96. The summed E-state index contributed by atoms with van der Waals surface area (Å²) in [7, 11) is 0. The number of aryl methyl sites for hydroxylation is 1. The van der Waals surface area contributed by atoms with Crippen LogP contribution < -0.4 is 10.6 Å². The number of carbonyl (C=O) groups is 1. The van der Waals surface area contributed by atoms with Gasteiger partial charge in [0.1, 0.15) is 5.82 Å². The number of amides is 2. The lowest BCUT2D eigenvalue weighted by Crippen LogP contribution is -2.30. The van der Waals surface area contributed by atoms with Crippen LogP contribution in [0, 0.1) is 12.7 Å². The van der Waals surface area contributed by atoms with Crippen molar-refractivity contribution in [1.29, 1.82) is 0 Å². The number of hydrogen-bond donors (Lipinski definition) is 3. The van der Waals surface area contributed by atoms with Crippen LogP contribution in [-0.2, 0) is 0 Å². The molecule has 0 heterocycles. The molecule has 1 unspecified atom stereocenters. The van der Waals surface area contributed by atoms with Crippen molar-refractivity contribution in [2.45, 2.75) is 26.4 Å². The standard InChI is InChI=1S/C12H17FN2O2/c1-8-7-10(3-4-11(8)13)15-12(17)14-6-5-9(2)16/h3-4,7,9,16H,5-6H2,1-2H3,(H2,14,15,17). The summed E-state index contributed by atoms with van der Waals surface area (Å²) in [5.41, 5.74) is 1.02. The van der Waals surface area contributed by atoms with Gasteiger partial charge in [-0.3, -0.25) is 0 Å². The van der Waals surface area contributed by atoms with Crippen molar-refractivity contribution in [3.05, 3.63) is 29.6 Å². The van der Waals surface area contributed by atoms with E-state index in [1.807, 2.05) is 0 Å². The summed E-state index contributed by atoms with van der Waals surface area (Å²) in [5, 5.41) is 14.2. The Hall–Kier alpha value is -1.62. The second-order valence-electron chi connectivity index (χ2n) is 3.98. The Balaban J connectivity index is 2.42. The van der Waals surface area contributed by atoms with Gasteiger partial charge in [0.05, 0.1) is 6.10 Å². The fourth-order valence-electron chi connectivity index (χ4n) is 1.29. The van der Waals surface area contributed by atoms with Crippen molar-refractivity contribution in [1.82, 2.24) is 5.32 Å². The smallest absolute Gasteiger partial charge is 0.319 e. The molecule has 1 aromatic carbocycles. The molecular formula is C12H17FN2O2. The minimum absolute atomic E-state index is 0.301. The van der Waals surface area contributed by atoms with Gasteiger partial charge >= 0.3 is 6.03 Å². The third kappa shape index (κ3) is 4.82. The van der Waals surface area contributed by atoms with Gasteiger partial charge in [0, 0.05) is 12.2 Å². The summed E-state index contributed by atoms with van der Waals surface area (Å²) in [4.78, 5) is 11.4. The number of urea groups is 1. The van der Waals surface area contributed by atoms with E-state index in [1.165, 1.54) is 12.1 Å². The highest BCUT2D eigenvalue weighted by Gasteiger charge is 2.04. The van der Waals surface area contributed by atoms with Crippen LogP contribution in [0.5, 0.6) is 0 Å². The largest absolute Gasteiger partial charge is 0.393 e. The van der Waals surface area contributed by atoms with Crippen molar-refractivity contribution in [2.24, 2.45) is 0 Å². The van der Waals surface area contributed by atoms with Gasteiger partial charge in [0.15, 0.2) is 0 Å².